The van der Waals surface area contributed by atoms with Crippen molar-refractivity contribution in [2.45, 2.75) is 17.4 Å². The maximum Gasteiger partial charge on any atom is 0.337 e. The Balaban J connectivity index is 1.63. The van der Waals surface area contributed by atoms with Gasteiger partial charge in [-0.15, -0.1) is 0 Å². The molecule has 0 saturated carbocycles. The summed E-state index contributed by atoms with van der Waals surface area (Å²) in [5, 5.41) is 2.21. The number of benzene rings is 2. The van der Waals surface area contributed by atoms with Gasteiger partial charge in [-0.05, 0) is 51.9 Å². The van der Waals surface area contributed by atoms with Crippen LogP contribution in [0.15, 0.2) is 54.6 Å². The number of carbonyl (C=O) groups is 1. The Morgan fingerprint density at radius 2 is 2.00 bits per heavy atom. The third-order valence-corrected chi connectivity index (χ3v) is 8.58. The minimum atomic E-state index is -0.309. The molecule has 3 nitrogen and oxygen atoms in total. The van der Waals surface area contributed by atoms with Gasteiger partial charge < -0.3 is 10.5 Å². The van der Waals surface area contributed by atoms with E-state index in [4.69, 9.17) is 10.5 Å². The largest absolute Gasteiger partial charge is 0.465 e. The van der Waals surface area contributed by atoms with Crippen molar-refractivity contribution in [1.29, 1.82) is 0 Å². The average Bonchev–Trinajstić information content (AvgIpc) is 3.58. The van der Waals surface area contributed by atoms with Gasteiger partial charge in [0.05, 0.1) is 18.0 Å². The van der Waals surface area contributed by atoms with E-state index in [2.05, 4.69) is 42.5 Å². The van der Waals surface area contributed by atoms with Gasteiger partial charge >= 0.3 is 5.97 Å². The van der Waals surface area contributed by atoms with Crippen molar-refractivity contribution < 1.29 is 9.53 Å². The summed E-state index contributed by atoms with van der Waals surface area (Å²) in [6, 6.07) is 14.5. The van der Waals surface area contributed by atoms with Crippen molar-refractivity contribution in [1.82, 2.24) is 0 Å². The zero-order valence-electron chi connectivity index (χ0n) is 14.6. The van der Waals surface area contributed by atoms with E-state index in [1.165, 1.54) is 18.8 Å². The van der Waals surface area contributed by atoms with Gasteiger partial charge in [0, 0.05) is 5.66 Å². The molecule has 2 heterocycles. The quantitative estimate of drug-likeness (QED) is 0.675. The van der Waals surface area contributed by atoms with Crippen molar-refractivity contribution >= 4 is 25.5 Å². The van der Waals surface area contributed by atoms with Crippen LogP contribution in [0.3, 0.4) is 0 Å². The minimum absolute atomic E-state index is 0.00155. The van der Waals surface area contributed by atoms with Gasteiger partial charge in [-0.1, -0.05) is 56.5 Å². The van der Waals surface area contributed by atoms with Crippen LogP contribution in [0.2, 0.25) is 0 Å². The molecule has 3 atom stereocenters. The number of esters is 1. The van der Waals surface area contributed by atoms with E-state index in [0.717, 1.165) is 33.7 Å². The molecule has 130 valence electrons. The molecule has 2 N–H and O–H groups in total. The number of allylic oxidation sites excluding steroid dienone is 2. The molecule has 0 amide bonds. The van der Waals surface area contributed by atoms with Crippen molar-refractivity contribution in [3.63, 3.8) is 0 Å². The molecule has 0 aromatic heterocycles. The molecule has 2 aliphatic heterocycles. The molecule has 2 aromatic rings. The van der Waals surface area contributed by atoms with Gasteiger partial charge in [-0.2, -0.15) is 0 Å². The number of nitrogens with two attached hydrogens (primary N) is 1. The molecule has 2 saturated heterocycles. The fourth-order valence-electron chi connectivity index (χ4n) is 3.95. The highest BCUT2D eigenvalue weighted by atomic mass is 31.1. The second-order valence-corrected chi connectivity index (χ2v) is 9.79. The molecular weight excluding hydrogens is 341 g/mol. The van der Waals surface area contributed by atoms with Gasteiger partial charge in [0.1, 0.15) is 0 Å². The van der Waals surface area contributed by atoms with Crippen LogP contribution >= 0.6 is 7.92 Å². The lowest BCUT2D eigenvalue weighted by atomic mass is 9.97. The van der Waals surface area contributed by atoms with E-state index >= 15 is 0 Å². The Bertz CT molecular complexity index is 1060. The molecule has 0 radical (unpaired) electrons. The van der Waals surface area contributed by atoms with E-state index in [1.54, 1.807) is 0 Å². The SMILES string of the molecule is COC(=O)c1ccc2c(c1)=C(c1ccc(C3(N)[C@H]4CP43)cc1)C=CCC=2. The maximum absolute atomic E-state index is 12.0. The molecule has 4 heteroatoms. The predicted octanol–water partition coefficient (Wildman–Crippen LogP) is 2.40. The van der Waals surface area contributed by atoms with Crippen molar-refractivity contribution in [3.8, 4) is 0 Å². The summed E-state index contributed by atoms with van der Waals surface area (Å²) in [5.41, 5.74) is 11.4. The summed E-state index contributed by atoms with van der Waals surface area (Å²) < 4.78 is 4.89. The number of fused-ring (bicyclic) bond motifs is 2. The zero-order valence-corrected chi connectivity index (χ0v) is 15.5. The van der Waals surface area contributed by atoms with Crippen LogP contribution in [0.5, 0.6) is 0 Å². The van der Waals surface area contributed by atoms with Crippen LogP contribution in [0.4, 0.5) is 0 Å². The second-order valence-electron chi connectivity index (χ2n) is 7.12. The number of hydrogen-bond acceptors (Lipinski definition) is 3. The molecule has 26 heavy (non-hydrogen) atoms. The number of hydrogen-bond donors (Lipinski definition) is 1. The first-order chi connectivity index (χ1) is 12.6. The summed E-state index contributed by atoms with van der Waals surface area (Å²) in [6.07, 6.45) is 8.72. The predicted molar refractivity (Wildman–Crippen MR) is 106 cm³/mol. The molecule has 0 bridgehead atoms. The summed E-state index contributed by atoms with van der Waals surface area (Å²) in [4.78, 5) is 12.0. The first kappa shape index (κ1) is 16.0. The minimum Gasteiger partial charge on any atom is -0.465 e. The maximum atomic E-state index is 12.0. The zero-order chi connectivity index (χ0) is 17.9. The molecule has 3 aliphatic rings. The van der Waals surface area contributed by atoms with E-state index in [9.17, 15) is 4.79 Å². The average molecular weight is 361 g/mol. The Labute approximate surface area is 153 Å². The number of carbonyl (C=O) groups excluding carboxylic acids is 1. The van der Waals surface area contributed by atoms with Crippen LogP contribution in [0, 0.1) is 0 Å². The molecule has 0 spiro atoms. The molecular formula is C22H20NO2P. The Morgan fingerprint density at radius 3 is 2.65 bits per heavy atom. The summed E-state index contributed by atoms with van der Waals surface area (Å²) in [6.45, 7) is 0. The standard InChI is InChI=1S/C22H20NO2P/c1-25-21(24)16-7-6-14-4-2-3-5-18(19(14)12-16)15-8-10-17(11-9-15)22(23)20-13-26(20)22/h3-12,20H,2,13,23H2,1H3/t20-,22?,26?/m1/s1. The van der Waals surface area contributed by atoms with E-state index in [1.807, 2.05) is 18.2 Å². The van der Waals surface area contributed by atoms with Crippen LogP contribution in [0.1, 0.15) is 27.9 Å². The lowest BCUT2D eigenvalue weighted by Gasteiger charge is -2.17. The molecule has 1 aliphatic carbocycles. The highest BCUT2D eigenvalue weighted by Gasteiger charge is 2.75. The van der Waals surface area contributed by atoms with E-state index < -0.39 is 0 Å². The first-order valence-corrected chi connectivity index (χ1v) is 10.5. The van der Waals surface area contributed by atoms with Gasteiger partial charge in [0.15, 0.2) is 0 Å². The van der Waals surface area contributed by atoms with Crippen LogP contribution < -0.4 is 16.2 Å². The number of methoxy groups -OCH3 is 1. The molecule has 2 unspecified atom stereocenters. The summed E-state index contributed by atoms with van der Waals surface area (Å²) in [7, 11) is 1.50. The number of rotatable bonds is 3. The van der Waals surface area contributed by atoms with Gasteiger partial charge in [-0.25, -0.2) is 4.79 Å². The second kappa shape index (κ2) is 5.64. The summed E-state index contributed by atoms with van der Waals surface area (Å²) >= 11 is 0. The molecule has 5 rings (SSSR count). The van der Waals surface area contributed by atoms with Crippen LogP contribution in [-0.2, 0) is 10.0 Å². The van der Waals surface area contributed by atoms with Crippen molar-refractivity contribution in [2.24, 2.45) is 5.73 Å². The molecule has 2 fully saturated rings. The van der Waals surface area contributed by atoms with E-state index in [0.29, 0.717) is 5.56 Å². The third kappa shape index (κ3) is 2.31. The highest BCUT2D eigenvalue weighted by Crippen LogP contribution is 2.92. The molecule has 2 aromatic carbocycles. The monoisotopic (exact) mass is 361 g/mol. The van der Waals surface area contributed by atoms with Gasteiger partial charge in [-0.3, -0.25) is 0 Å². The fourth-order valence-corrected chi connectivity index (χ4v) is 6.55. The topological polar surface area (TPSA) is 52.3 Å². The van der Waals surface area contributed by atoms with Crippen LogP contribution in [-0.4, -0.2) is 24.9 Å². The first-order valence-electron chi connectivity index (χ1n) is 8.89. The van der Waals surface area contributed by atoms with Crippen LogP contribution in [0.25, 0.3) is 11.6 Å². The Morgan fingerprint density at radius 1 is 1.23 bits per heavy atom. The van der Waals surface area contributed by atoms with Crippen molar-refractivity contribution in [2.75, 3.05) is 13.3 Å². The fraction of sp³-hybridized carbons (Fsp3) is 0.227. The van der Waals surface area contributed by atoms with Crippen molar-refractivity contribution in [3.05, 3.63) is 81.7 Å². The van der Waals surface area contributed by atoms with Gasteiger partial charge in [0.25, 0.3) is 0 Å². The third-order valence-electron chi connectivity index (χ3n) is 5.71. The summed E-state index contributed by atoms with van der Waals surface area (Å²) in [5.74, 6) is -0.309. The number of ether oxygens (including phenoxy) is 1. The Kier molecular flexibility index (Phi) is 3.47. The van der Waals surface area contributed by atoms with E-state index in [-0.39, 0.29) is 19.2 Å². The normalized spacial score (nSPS) is 27.7. The highest BCUT2D eigenvalue weighted by molar-refractivity contribution is 7.76. The lowest BCUT2D eigenvalue weighted by Crippen LogP contribution is -2.28. The smallest absolute Gasteiger partial charge is 0.337 e. The van der Waals surface area contributed by atoms with Gasteiger partial charge in [0.2, 0.25) is 0 Å². The Hall–Kier alpha value is -2.22. The lowest BCUT2D eigenvalue weighted by molar-refractivity contribution is 0.0600.